The smallest absolute Gasteiger partial charge is 0.229 e. The number of hydrogen-bond donors (Lipinski definition) is 2. The summed E-state index contributed by atoms with van der Waals surface area (Å²) in [5.41, 5.74) is 1.95. The zero-order chi connectivity index (χ0) is 18.5. The molecule has 2 N–H and O–H groups in total. The van der Waals surface area contributed by atoms with E-state index in [1.165, 1.54) is 0 Å². The molecule has 3 rings (SSSR count). The Morgan fingerprint density at radius 2 is 2.15 bits per heavy atom. The summed E-state index contributed by atoms with van der Waals surface area (Å²) in [4.78, 5) is 23.0. The maximum absolute atomic E-state index is 12.3. The van der Waals surface area contributed by atoms with Gasteiger partial charge in [0.1, 0.15) is 0 Å². The Kier molecular flexibility index (Phi) is 5.88. The molecule has 2 aromatic rings. The molecular weight excluding hydrogens is 346 g/mol. The fourth-order valence-corrected chi connectivity index (χ4v) is 3.73. The van der Waals surface area contributed by atoms with Crippen molar-refractivity contribution in [1.29, 1.82) is 0 Å². The molecule has 2 heterocycles. The first-order valence-electron chi connectivity index (χ1n) is 8.83. The predicted molar refractivity (Wildman–Crippen MR) is 107 cm³/mol. The van der Waals surface area contributed by atoms with Crippen LogP contribution < -0.4 is 15.5 Å². The van der Waals surface area contributed by atoms with Gasteiger partial charge in [-0.15, -0.1) is 11.3 Å². The summed E-state index contributed by atoms with van der Waals surface area (Å²) in [6.07, 6.45) is 0.462. The summed E-state index contributed by atoms with van der Waals surface area (Å²) in [7, 11) is 1.74. The number of nitrogens with one attached hydrogen (secondary N) is 2. The third-order valence-corrected chi connectivity index (χ3v) is 5.45. The summed E-state index contributed by atoms with van der Waals surface area (Å²) in [6.45, 7) is 5.54. The lowest BCUT2D eigenvalue weighted by molar-refractivity contribution is -0.117. The molecular formula is C19H25N5OS. The van der Waals surface area contributed by atoms with Crippen molar-refractivity contribution in [3.8, 4) is 0 Å². The first kappa shape index (κ1) is 18.4. The lowest BCUT2D eigenvalue weighted by Gasteiger charge is -2.18. The number of hydrogen-bond acceptors (Lipinski definition) is 4. The summed E-state index contributed by atoms with van der Waals surface area (Å²) in [6, 6.07) is 9.81. The van der Waals surface area contributed by atoms with Crippen LogP contribution in [-0.2, 0) is 11.3 Å². The number of rotatable bonds is 5. The van der Waals surface area contributed by atoms with Gasteiger partial charge in [-0.05, 0) is 12.1 Å². The lowest BCUT2D eigenvalue weighted by Crippen LogP contribution is -2.44. The quantitative estimate of drug-likeness (QED) is 0.626. The average molecular weight is 372 g/mol. The van der Waals surface area contributed by atoms with Gasteiger partial charge >= 0.3 is 0 Å². The monoisotopic (exact) mass is 371 g/mol. The maximum Gasteiger partial charge on any atom is 0.229 e. The molecule has 26 heavy (non-hydrogen) atoms. The summed E-state index contributed by atoms with van der Waals surface area (Å²) >= 11 is 1.69. The topological polar surface area (TPSA) is 69.6 Å². The molecule has 0 saturated carbocycles. The number of aliphatic imine (C=N–C) groups is 1. The molecule has 1 unspecified atom stereocenters. The minimum absolute atomic E-state index is 0.0376. The zero-order valence-corrected chi connectivity index (χ0v) is 16.2. The molecule has 6 nitrogen and oxygen atoms in total. The molecule has 0 bridgehead atoms. The van der Waals surface area contributed by atoms with Crippen LogP contribution in [0.5, 0.6) is 0 Å². The summed E-state index contributed by atoms with van der Waals surface area (Å²) in [5.74, 6) is 1.27. The molecule has 1 saturated heterocycles. The van der Waals surface area contributed by atoms with E-state index in [-0.39, 0.29) is 11.9 Å². The van der Waals surface area contributed by atoms with Crippen molar-refractivity contribution in [3.63, 3.8) is 0 Å². The van der Waals surface area contributed by atoms with Crippen LogP contribution in [0.15, 0.2) is 40.7 Å². The Labute approximate surface area is 158 Å². The van der Waals surface area contributed by atoms with E-state index >= 15 is 0 Å². The van der Waals surface area contributed by atoms with Crippen molar-refractivity contribution < 1.29 is 4.79 Å². The molecule has 1 aliphatic heterocycles. The molecule has 1 atom stereocenters. The van der Waals surface area contributed by atoms with Crippen LogP contribution in [0.25, 0.3) is 0 Å². The number of para-hydroxylation sites is 1. The van der Waals surface area contributed by atoms with Crippen molar-refractivity contribution in [2.75, 3.05) is 18.5 Å². The first-order valence-corrected chi connectivity index (χ1v) is 9.71. The molecule has 138 valence electrons. The van der Waals surface area contributed by atoms with Gasteiger partial charge in [0.25, 0.3) is 0 Å². The van der Waals surface area contributed by atoms with Gasteiger partial charge in [0.15, 0.2) is 5.96 Å². The summed E-state index contributed by atoms with van der Waals surface area (Å²) in [5, 5.41) is 9.85. The van der Waals surface area contributed by atoms with Gasteiger partial charge in [-0.3, -0.25) is 9.79 Å². The van der Waals surface area contributed by atoms with Crippen molar-refractivity contribution in [2.45, 2.75) is 38.8 Å². The Morgan fingerprint density at radius 1 is 1.38 bits per heavy atom. The van der Waals surface area contributed by atoms with E-state index in [2.05, 4.69) is 39.8 Å². The highest BCUT2D eigenvalue weighted by Gasteiger charge is 2.31. The van der Waals surface area contributed by atoms with Crippen molar-refractivity contribution >= 4 is 28.9 Å². The second-order valence-electron chi connectivity index (χ2n) is 6.64. The van der Waals surface area contributed by atoms with E-state index in [1.54, 1.807) is 18.4 Å². The highest BCUT2D eigenvalue weighted by Crippen LogP contribution is 2.21. The minimum atomic E-state index is 0.0376. The Balaban J connectivity index is 1.54. The van der Waals surface area contributed by atoms with Crippen molar-refractivity contribution in [3.05, 3.63) is 46.4 Å². The van der Waals surface area contributed by atoms with Gasteiger partial charge in [-0.25, -0.2) is 4.98 Å². The van der Waals surface area contributed by atoms with Crippen LogP contribution in [0.2, 0.25) is 0 Å². The molecule has 1 aromatic carbocycles. The number of carbonyl (C=O) groups is 1. The van der Waals surface area contributed by atoms with Crippen molar-refractivity contribution in [2.24, 2.45) is 4.99 Å². The van der Waals surface area contributed by atoms with Crippen LogP contribution in [0.3, 0.4) is 0 Å². The fourth-order valence-electron chi connectivity index (χ4n) is 2.89. The number of thiazole rings is 1. The molecule has 1 aromatic heterocycles. The number of amides is 1. The van der Waals surface area contributed by atoms with Gasteiger partial charge in [0.2, 0.25) is 5.91 Å². The Bertz CT molecular complexity index is 771. The molecule has 0 aliphatic carbocycles. The first-order chi connectivity index (χ1) is 12.6. The average Bonchev–Trinajstić information content (AvgIpc) is 3.26. The number of aromatic nitrogens is 1. The number of benzene rings is 1. The van der Waals surface area contributed by atoms with E-state index in [1.807, 2.05) is 35.2 Å². The van der Waals surface area contributed by atoms with Crippen LogP contribution in [-0.4, -0.2) is 36.5 Å². The van der Waals surface area contributed by atoms with Crippen molar-refractivity contribution in [1.82, 2.24) is 15.6 Å². The van der Waals surface area contributed by atoms with Crippen LogP contribution >= 0.6 is 11.3 Å². The molecule has 1 fully saturated rings. The standard InChI is InChI=1S/C19H25N5OS/c1-13(2)18-22-15(12-26-18)10-21-19(20-3)23-14-9-17(25)24(11-14)16-7-5-4-6-8-16/h4-8,12-14H,9-11H2,1-3H3,(H2,20,21,23). The number of anilines is 1. The normalized spacial score (nSPS) is 17.8. The molecule has 0 spiro atoms. The second-order valence-corrected chi connectivity index (χ2v) is 7.53. The zero-order valence-electron chi connectivity index (χ0n) is 15.4. The Morgan fingerprint density at radius 3 is 2.81 bits per heavy atom. The fraction of sp³-hybridized carbons (Fsp3) is 0.421. The third-order valence-electron chi connectivity index (χ3n) is 4.26. The van der Waals surface area contributed by atoms with Crippen LogP contribution in [0.4, 0.5) is 5.69 Å². The number of guanidine groups is 1. The van der Waals surface area contributed by atoms with Gasteiger partial charge in [-0.2, -0.15) is 0 Å². The highest BCUT2D eigenvalue weighted by molar-refractivity contribution is 7.09. The molecule has 1 aliphatic rings. The van der Waals surface area contributed by atoms with Gasteiger partial charge in [0.05, 0.1) is 23.3 Å². The van der Waals surface area contributed by atoms with Crippen LogP contribution in [0, 0.1) is 0 Å². The second kappa shape index (κ2) is 8.31. The molecule has 0 radical (unpaired) electrons. The van der Waals surface area contributed by atoms with E-state index in [4.69, 9.17) is 0 Å². The number of carbonyl (C=O) groups excluding carboxylic acids is 1. The largest absolute Gasteiger partial charge is 0.351 e. The SMILES string of the molecule is CN=C(NCc1csc(C(C)C)n1)NC1CC(=O)N(c2ccccc2)C1. The summed E-state index contributed by atoms with van der Waals surface area (Å²) < 4.78 is 0. The highest BCUT2D eigenvalue weighted by atomic mass is 32.1. The van der Waals surface area contributed by atoms with Gasteiger partial charge in [-0.1, -0.05) is 32.0 Å². The minimum Gasteiger partial charge on any atom is -0.351 e. The van der Waals surface area contributed by atoms with Gasteiger partial charge in [0, 0.05) is 37.0 Å². The third kappa shape index (κ3) is 4.40. The van der Waals surface area contributed by atoms with E-state index in [9.17, 15) is 4.79 Å². The van der Waals surface area contributed by atoms with Gasteiger partial charge < -0.3 is 15.5 Å². The maximum atomic E-state index is 12.3. The number of nitrogens with zero attached hydrogens (tertiary/aromatic N) is 3. The van der Waals surface area contributed by atoms with E-state index in [0.717, 1.165) is 16.4 Å². The van der Waals surface area contributed by atoms with E-state index < -0.39 is 0 Å². The Hall–Kier alpha value is -2.41. The van der Waals surface area contributed by atoms with Crippen LogP contribution in [0.1, 0.15) is 36.9 Å². The molecule has 7 heteroatoms. The molecule has 1 amide bonds. The predicted octanol–water partition coefficient (Wildman–Crippen LogP) is 2.74. The lowest BCUT2D eigenvalue weighted by atomic mass is 10.2. The van der Waals surface area contributed by atoms with E-state index in [0.29, 0.717) is 31.4 Å².